The predicted octanol–water partition coefficient (Wildman–Crippen LogP) is 6.16. The van der Waals surface area contributed by atoms with Gasteiger partial charge in [-0.3, -0.25) is 14.7 Å². The highest BCUT2D eigenvalue weighted by Crippen LogP contribution is 2.23. The van der Waals surface area contributed by atoms with E-state index in [0.29, 0.717) is 18.9 Å². The van der Waals surface area contributed by atoms with Crippen LogP contribution in [0.5, 0.6) is 0 Å². The maximum absolute atomic E-state index is 13.9. The smallest absolute Gasteiger partial charge is 0.407 e. The van der Waals surface area contributed by atoms with Gasteiger partial charge in [-0.05, 0) is 36.3 Å². The zero-order chi connectivity index (χ0) is 36.2. The molecule has 2 aromatic carbocycles. The van der Waals surface area contributed by atoms with Crippen LogP contribution in [0.3, 0.4) is 0 Å². The van der Waals surface area contributed by atoms with Crippen molar-refractivity contribution in [3.63, 3.8) is 0 Å². The van der Waals surface area contributed by atoms with Gasteiger partial charge in [0, 0.05) is 35.5 Å². The quantitative estimate of drug-likeness (QED) is 0.102. The number of carbonyl (C=O) groups is 3. The summed E-state index contributed by atoms with van der Waals surface area (Å²) in [6.45, 7) is 8.24. The molecule has 0 radical (unpaired) electrons. The van der Waals surface area contributed by atoms with Crippen molar-refractivity contribution in [2.45, 2.75) is 90.2 Å². The Bertz CT molecular complexity index is 1630. The zero-order valence-electron chi connectivity index (χ0n) is 29.2. The number of carbonyl (C=O) groups excluding carboxylic acids is 2. The van der Waals surface area contributed by atoms with Crippen LogP contribution in [0.2, 0.25) is 0 Å². The van der Waals surface area contributed by atoms with Crippen LogP contribution in [0.25, 0.3) is 0 Å². The van der Waals surface area contributed by atoms with E-state index in [1.54, 1.807) is 30.1 Å². The third-order valence-corrected chi connectivity index (χ3v) is 10.4. The summed E-state index contributed by atoms with van der Waals surface area (Å²) in [5.41, 5.74) is 4.25. The number of benzene rings is 2. The van der Waals surface area contributed by atoms with Gasteiger partial charge in [-0.1, -0.05) is 88.4 Å². The van der Waals surface area contributed by atoms with Crippen molar-refractivity contribution < 1.29 is 24.6 Å². The Morgan fingerprint density at radius 3 is 2.06 bits per heavy atom. The first-order valence-electron chi connectivity index (χ1n) is 16.8. The van der Waals surface area contributed by atoms with Crippen molar-refractivity contribution in [1.29, 1.82) is 0 Å². The van der Waals surface area contributed by atoms with Gasteiger partial charge in [0.15, 0.2) is 0 Å². The molecule has 0 saturated heterocycles. The van der Waals surface area contributed by atoms with Crippen molar-refractivity contribution in [3.8, 4) is 0 Å². The number of hydrogen-bond acceptors (Lipinski definition) is 8. The van der Waals surface area contributed by atoms with Crippen molar-refractivity contribution >= 4 is 40.7 Å². The minimum Gasteiger partial charge on any atom is -0.465 e. The lowest BCUT2D eigenvalue weighted by Gasteiger charge is -2.35. The van der Waals surface area contributed by atoms with E-state index >= 15 is 0 Å². The second-order valence-electron chi connectivity index (χ2n) is 13.2. The van der Waals surface area contributed by atoms with Gasteiger partial charge in [-0.15, -0.1) is 22.7 Å². The monoisotopic (exact) mass is 720 g/mol. The SMILES string of the molecule is CC(C)c1nc(CN(C)C(=O)N[C@H](C(=O)N[C@@H](Cc2ccccc2)C[C@H](O)[C@H](Cc2ccccc2)N(Cc2cncs2)C(=O)O)C(C)C)cs1. The Morgan fingerprint density at radius 1 is 0.880 bits per heavy atom. The number of rotatable bonds is 17. The molecule has 4 N–H and O–H groups in total. The number of nitrogens with one attached hydrogen (secondary N) is 2. The third kappa shape index (κ3) is 11.4. The number of urea groups is 1. The van der Waals surface area contributed by atoms with Crippen molar-refractivity contribution in [3.05, 3.63) is 104 Å². The first-order chi connectivity index (χ1) is 23.9. The second-order valence-corrected chi connectivity index (χ2v) is 15.1. The number of amides is 4. The van der Waals surface area contributed by atoms with Crippen LogP contribution in [0.4, 0.5) is 9.59 Å². The molecule has 4 aromatic rings. The van der Waals surface area contributed by atoms with E-state index < -0.39 is 36.4 Å². The van der Waals surface area contributed by atoms with Gasteiger partial charge in [0.2, 0.25) is 5.91 Å². The topological polar surface area (TPSA) is 148 Å². The summed E-state index contributed by atoms with van der Waals surface area (Å²) in [6, 6.07) is 16.4. The van der Waals surface area contributed by atoms with E-state index in [-0.39, 0.29) is 31.2 Å². The average molecular weight is 721 g/mol. The molecular weight excluding hydrogens is 673 g/mol. The van der Waals surface area contributed by atoms with Gasteiger partial charge in [-0.2, -0.15) is 0 Å². The van der Waals surface area contributed by atoms with Crippen LogP contribution in [0.15, 0.2) is 77.8 Å². The fourth-order valence-electron chi connectivity index (χ4n) is 5.71. The van der Waals surface area contributed by atoms with Crippen LogP contribution in [-0.2, 0) is 30.7 Å². The fourth-order valence-corrected chi connectivity index (χ4v) is 7.13. The summed E-state index contributed by atoms with van der Waals surface area (Å²) in [7, 11) is 1.67. The van der Waals surface area contributed by atoms with E-state index in [0.717, 1.165) is 26.7 Å². The molecule has 0 spiro atoms. The van der Waals surface area contributed by atoms with E-state index in [1.165, 1.54) is 21.1 Å². The van der Waals surface area contributed by atoms with Crippen LogP contribution < -0.4 is 10.6 Å². The number of aliphatic hydroxyl groups excluding tert-OH is 1. The van der Waals surface area contributed by atoms with Crippen LogP contribution >= 0.6 is 22.7 Å². The van der Waals surface area contributed by atoms with Crippen LogP contribution in [0.1, 0.15) is 66.7 Å². The van der Waals surface area contributed by atoms with Gasteiger partial charge in [-0.25, -0.2) is 14.6 Å². The number of hydrogen-bond donors (Lipinski definition) is 4. The summed E-state index contributed by atoms with van der Waals surface area (Å²) in [4.78, 5) is 52.1. The molecule has 0 fully saturated rings. The van der Waals surface area contributed by atoms with Gasteiger partial charge >= 0.3 is 12.1 Å². The lowest BCUT2D eigenvalue weighted by atomic mass is 9.92. The van der Waals surface area contributed by atoms with E-state index in [4.69, 9.17) is 0 Å². The largest absolute Gasteiger partial charge is 0.465 e. The number of thiazole rings is 2. The molecule has 13 heteroatoms. The summed E-state index contributed by atoms with van der Waals surface area (Å²) in [5.74, 6) is -0.331. The van der Waals surface area contributed by atoms with Gasteiger partial charge < -0.3 is 25.7 Å². The third-order valence-electron chi connectivity index (χ3n) is 8.42. The molecule has 0 aliphatic rings. The number of carboxylic acid groups (broad SMARTS) is 1. The average Bonchev–Trinajstić information content (AvgIpc) is 3.78. The molecule has 4 rings (SSSR count). The molecule has 0 aliphatic heterocycles. The van der Waals surface area contributed by atoms with Crippen molar-refractivity contribution in [2.75, 3.05) is 7.05 Å². The lowest BCUT2D eigenvalue weighted by molar-refractivity contribution is -0.125. The van der Waals surface area contributed by atoms with Crippen LogP contribution in [0, 0.1) is 5.92 Å². The molecule has 0 saturated carbocycles. The molecule has 50 heavy (non-hydrogen) atoms. The summed E-state index contributed by atoms with van der Waals surface area (Å²) >= 11 is 2.91. The number of aliphatic hydroxyl groups is 1. The molecule has 11 nitrogen and oxygen atoms in total. The highest BCUT2D eigenvalue weighted by atomic mass is 32.1. The standard InChI is InChI=1S/C37H48N6O5S2/c1-24(2)33(41-36(46)42(5)20-29-22-49-35(40-29)25(3)4)34(45)39-28(16-26-12-8-6-9-13-26)18-32(44)31(17-27-14-10-7-11-15-27)43(37(47)48)21-30-19-38-23-50-30/h6-15,19,22-25,28,31-33,44H,16-18,20-21H2,1-5H3,(H,39,45)(H,41,46)(H,47,48)/t28-,31-,32-,33-/m0/s1. The van der Waals surface area contributed by atoms with E-state index in [9.17, 15) is 24.6 Å². The maximum atomic E-state index is 13.9. The molecule has 4 amide bonds. The maximum Gasteiger partial charge on any atom is 0.407 e. The number of nitrogens with zero attached hydrogens (tertiary/aromatic N) is 4. The highest BCUT2D eigenvalue weighted by Gasteiger charge is 2.34. The Balaban J connectivity index is 1.54. The molecule has 0 unspecified atom stereocenters. The molecule has 4 atom stereocenters. The van der Waals surface area contributed by atoms with Gasteiger partial charge in [0.05, 0.1) is 41.4 Å². The lowest BCUT2D eigenvalue weighted by Crippen LogP contribution is -2.56. The summed E-state index contributed by atoms with van der Waals surface area (Å²) in [5, 5.41) is 31.2. The summed E-state index contributed by atoms with van der Waals surface area (Å²) < 4.78 is 0. The number of aromatic nitrogens is 2. The Labute approximate surface area is 302 Å². The predicted molar refractivity (Wildman–Crippen MR) is 197 cm³/mol. The molecule has 0 bridgehead atoms. The Morgan fingerprint density at radius 2 is 1.52 bits per heavy atom. The van der Waals surface area contributed by atoms with Crippen LogP contribution in [-0.4, -0.2) is 79.3 Å². The Hall–Kier alpha value is -4.33. The molecule has 2 aromatic heterocycles. The second kappa shape index (κ2) is 18.6. The first kappa shape index (κ1) is 38.5. The fraction of sp³-hybridized carbons (Fsp3) is 0.432. The van der Waals surface area contributed by atoms with Gasteiger partial charge in [0.1, 0.15) is 6.04 Å². The Kier molecular flexibility index (Phi) is 14.3. The van der Waals surface area contributed by atoms with Crippen molar-refractivity contribution in [2.24, 2.45) is 5.92 Å². The molecule has 0 aliphatic carbocycles. The zero-order valence-corrected chi connectivity index (χ0v) is 30.9. The molecular formula is C37H48N6O5S2. The normalized spacial score (nSPS) is 13.8. The highest BCUT2D eigenvalue weighted by molar-refractivity contribution is 7.09. The van der Waals surface area contributed by atoms with Gasteiger partial charge in [0.25, 0.3) is 0 Å². The minimum absolute atomic E-state index is 0.0684. The van der Waals surface area contributed by atoms with E-state index in [2.05, 4.69) is 34.4 Å². The molecule has 268 valence electrons. The minimum atomic E-state index is -1.16. The van der Waals surface area contributed by atoms with Crippen molar-refractivity contribution in [1.82, 2.24) is 30.4 Å². The first-order valence-corrected chi connectivity index (χ1v) is 18.6. The summed E-state index contributed by atoms with van der Waals surface area (Å²) in [6.07, 6.45) is 0.0680. The van der Waals surface area contributed by atoms with E-state index in [1.807, 2.05) is 79.9 Å². The molecule has 2 heterocycles.